The molecule has 1 N–H and O–H groups in total. The normalized spacial score (nSPS) is 11.4. The molecule has 0 amide bonds. The van der Waals surface area contributed by atoms with Gasteiger partial charge in [-0.3, -0.25) is 0 Å². The molecule has 3 heteroatoms. The molecule has 0 unspecified atom stereocenters. The number of aliphatic hydroxyl groups is 1. The summed E-state index contributed by atoms with van der Waals surface area (Å²) < 4.78 is 13.3. The maximum Gasteiger partial charge on any atom is 0.141 e. The van der Waals surface area contributed by atoms with Gasteiger partial charge in [-0.2, -0.15) is 0 Å². The van der Waals surface area contributed by atoms with Gasteiger partial charge in [0.05, 0.1) is 0 Å². The molecule has 0 aromatic heterocycles. The maximum atomic E-state index is 13.3. The summed E-state index contributed by atoms with van der Waals surface area (Å²) >= 11 is 1.51. The zero-order valence-electron chi connectivity index (χ0n) is 15.1. The van der Waals surface area contributed by atoms with Crippen LogP contribution in [0.15, 0.2) is 119 Å². The van der Waals surface area contributed by atoms with Gasteiger partial charge < -0.3 is 5.11 Å². The van der Waals surface area contributed by atoms with E-state index in [0.717, 1.165) is 26.5 Å². The van der Waals surface area contributed by atoms with Crippen LogP contribution in [-0.4, -0.2) is 5.11 Å². The molecule has 1 nitrogen and oxygen atoms in total. The summed E-state index contributed by atoms with van der Waals surface area (Å²) in [6.45, 7) is 0. The lowest BCUT2D eigenvalue weighted by Gasteiger charge is -2.31. The molecule has 0 saturated carbocycles. The van der Waals surface area contributed by atoms with Crippen molar-refractivity contribution in [2.45, 2.75) is 15.4 Å². The molecule has 28 heavy (non-hydrogen) atoms. The Morgan fingerprint density at radius 1 is 0.607 bits per heavy atom. The lowest BCUT2D eigenvalue weighted by molar-refractivity contribution is 0.123. The first-order valence-corrected chi connectivity index (χ1v) is 9.86. The Bertz CT molecular complexity index is 1010. The van der Waals surface area contributed by atoms with E-state index in [0.29, 0.717) is 0 Å². The maximum absolute atomic E-state index is 13.3. The number of halogens is 1. The molecule has 0 aliphatic rings. The highest BCUT2D eigenvalue weighted by Gasteiger charge is 2.35. The summed E-state index contributed by atoms with van der Waals surface area (Å²) in [6.07, 6.45) is 0. The van der Waals surface area contributed by atoms with Gasteiger partial charge in [-0.15, -0.1) is 0 Å². The third-order valence-corrected chi connectivity index (χ3v) is 5.79. The Morgan fingerprint density at radius 2 is 1.11 bits per heavy atom. The zero-order valence-corrected chi connectivity index (χ0v) is 15.9. The molecule has 0 heterocycles. The van der Waals surface area contributed by atoms with E-state index < -0.39 is 5.60 Å². The van der Waals surface area contributed by atoms with E-state index in [-0.39, 0.29) is 5.82 Å². The van der Waals surface area contributed by atoms with Crippen LogP contribution < -0.4 is 0 Å². The van der Waals surface area contributed by atoms with Crippen molar-refractivity contribution in [3.63, 3.8) is 0 Å². The minimum Gasteiger partial charge on any atom is -0.376 e. The minimum absolute atomic E-state index is 0.261. The molecular formula is C25H19FOS. The molecule has 0 spiro atoms. The molecule has 0 atom stereocenters. The van der Waals surface area contributed by atoms with E-state index in [1.165, 1.54) is 23.9 Å². The van der Waals surface area contributed by atoms with Crippen molar-refractivity contribution in [3.05, 3.63) is 132 Å². The molecule has 0 fully saturated rings. The van der Waals surface area contributed by atoms with Gasteiger partial charge in [0.2, 0.25) is 0 Å². The molecule has 138 valence electrons. The van der Waals surface area contributed by atoms with Gasteiger partial charge in [-0.1, -0.05) is 90.6 Å². The standard InChI is InChI=1S/C25H19FOS/c26-21-15-17-22(18-16-21)28-24-14-8-7-13-23(24)25(27,19-9-3-1-4-10-19)20-11-5-2-6-12-20/h1-18,27H. The second-order valence-corrected chi connectivity index (χ2v) is 7.61. The summed E-state index contributed by atoms with van der Waals surface area (Å²) in [6, 6.07) is 33.6. The van der Waals surface area contributed by atoms with Crippen molar-refractivity contribution in [1.82, 2.24) is 0 Å². The minimum atomic E-state index is -1.30. The predicted octanol–water partition coefficient (Wildman–Crippen LogP) is 6.26. The average Bonchev–Trinajstić information content (AvgIpc) is 2.76. The van der Waals surface area contributed by atoms with Crippen LogP contribution in [-0.2, 0) is 5.60 Å². The summed E-state index contributed by atoms with van der Waals surface area (Å²) in [4.78, 5) is 1.83. The van der Waals surface area contributed by atoms with Crippen molar-refractivity contribution >= 4 is 11.8 Å². The number of rotatable bonds is 5. The first-order chi connectivity index (χ1) is 13.7. The van der Waals surface area contributed by atoms with Gasteiger partial charge in [-0.25, -0.2) is 4.39 Å². The third-order valence-electron chi connectivity index (χ3n) is 4.70. The van der Waals surface area contributed by atoms with Crippen molar-refractivity contribution in [2.75, 3.05) is 0 Å². The molecule has 4 aromatic carbocycles. The monoisotopic (exact) mass is 386 g/mol. The van der Waals surface area contributed by atoms with E-state index in [9.17, 15) is 9.50 Å². The lowest BCUT2D eigenvalue weighted by atomic mass is 9.80. The highest BCUT2D eigenvalue weighted by atomic mass is 32.2. The molecule has 0 bridgehead atoms. The first kappa shape index (κ1) is 18.5. The zero-order chi connectivity index (χ0) is 19.4. The van der Waals surface area contributed by atoms with E-state index in [1.54, 1.807) is 12.1 Å². The van der Waals surface area contributed by atoms with Crippen LogP contribution in [0.3, 0.4) is 0 Å². The molecular weight excluding hydrogens is 367 g/mol. The van der Waals surface area contributed by atoms with E-state index in [4.69, 9.17) is 0 Å². The largest absolute Gasteiger partial charge is 0.376 e. The van der Waals surface area contributed by atoms with Gasteiger partial charge >= 0.3 is 0 Å². The summed E-state index contributed by atoms with van der Waals surface area (Å²) in [5, 5.41) is 12.1. The fourth-order valence-electron chi connectivity index (χ4n) is 3.32. The Morgan fingerprint density at radius 3 is 1.68 bits per heavy atom. The topological polar surface area (TPSA) is 20.2 Å². The van der Waals surface area contributed by atoms with Crippen LogP contribution in [0.5, 0.6) is 0 Å². The number of hydrogen-bond donors (Lipinski definition) is 1. The Labute approximate surface area is 168 Å². The van der Waals surface area contributed by atoms with Crippen molar-refractivity contribution in [2.24, 2.45) is 0 Å². The van der Waals surface area contributed by atoms with Crippen molar-refractivity contribution in [1.29, 1.82) is 0 Å². The van der Waals surface area contributed by atoms with Gasteiger partial charge in [0.15, 0.2) is 0 Å². The second kappa shape index (κ2) is 8.01. The summed E-state index contributed by atoms with van der Waals surface area (Å²) in [7, 11) is 0. The van der Waals surface area contributed by atoms with Crippen molar-refractivity contribution < 1.29 is 9.50 Å². The molecule has 4 aromatic rings. The number of benzene rings is 4. The van der Waals surface area contributed by atoms with Crippen LogP contribution >= 0.6 is 11.8 Å². The average molecular weight is 386 g/mol. The quantitative estimate of drug-likeness (QED) is 0.409. The fourth-order valence-corrected chi connectivity index (χ4v) is 4.32. The Hall–Kier alpha value is -2.88. The van der Waals surface area contributed by atoms with Gasteiger partial charge in [0.25, 0.3) is 0 Å². The van der Waals surface area contributed by atoms with Crippen LogP contribution in [0, 0.1) is 5.82 Å². The smallest absolute Gasteiger partial charge is 0.141 e. The first-order valence-electron chi connectivity index (χ1n) is 9.04. The van der Waals surface area contributed by atoms with Crippen LogP contribution in [0.2, 0.25) is 0 Å². The van der Waals surface area contributed by atoms with E-state index in [2.05, 4.69) is 0 Å². The fraction of sp³-hybridized carbons (Fsp3) is 0.0400. The van der Waals surface area contributed by atoms with Crippen molar-refractivity contribution in [3.8, 4) is 0 Å². The van der Waals surface area contributed by atoms with E-state index in [1.807, 2.05) is 84.9 Å². The van der Waals surface area contributed by atoms with Crippen LogP contribution in [0.1, 0.15) is 16.7 Å². The van der Waals surface area contributed by atoms with E-state index >= 15 is 0 Å². The molecule has 0 aliphatic carbocycles. The lowest BCUT2D eigenvalue weighted by Crippen LogP contribution is -2.29. The highest BCUT2D eigenvalue weighted by molar-refractivity contribution is 7.99. The predicted molar refractivity (Wildman–Crippen MR) is 112 cm³/mol. The van der Waals surface area contributed by atoms with Crippen LogP contribution in [0.25, 0.3) is 0 Å². The SMILES string of the molecule is OC(c1ccccc1)(c1ccccc1)c1ccccc1Sc1ccc(F)cc1. The van der Waals surface area contributed by atoms with Crippen LogP contribution in [0.4, 0.5) is 4.39 Å². The third kappa shape index (κ3) is 3.59. The molecule has 0 radical (unpaired) electrons. The summed E-state index contributed by atoms with van der Waals surface area (Å²) in [5.74, 6) is -0.261. The second-order valence-electron chi connectivity index (χ2n) is 6.49. The summed E-state index contributed by atoms with van der Waals surface area (Å²) in [5.41, 5.74) is 1.09. The van der Waals surface area contributed by atoms with Gasteiger partial charge in [-0.05, 0) is 41.5 Å². The highest BCUT2D eigenvalue weighted by Crippen LogP contribution is 2.42. The Kier molecular flexibility index (Phi) is 5.29. The van der Waals surface area contributed by atoms with Gasteiger partial charge in [0.1, 0.15) is 11.4 Å². The van der Waals surface area contributed by atoms with Gasteiger partial charge in [0, 0.05) is 15.4 Å². The molecule has 0 saturated heterocycles. The Balaban J connectivity index is 1.87. The molecule has 0 aliphatic heterocycles. The molecule has 4 rings (SSSR count). The number of hydrogen-bond acceptors (Lipinski definition) is 2.